The fourth-order valence-corrected chi connectivity index (χ4v) is 2.54. The van der Waals surface area contributed by atoms with Crippen LogP contribution in [0.3, 0.4) is 0 Å². The van der Waals surface area contributed by atoms with E-state index >= 15 is 0 Å². The van der Waals surface area contributed by atoms with Gasteiger partial charge in [0.05, 0.1) is 11.9 Å². The van der Waals surface area contributed by atoms with Gasteiger partial charge in [-0.25, -0.2) is 0 Å². The Morgan fingerprint density at radius 2 is 2.26 bits per heavy atom. The Bertz CT molecular complexity index is 725. The van der Waals surface area contributed by atoms with E-state index in [1.165, 1.54) is 24.0 Å². The highest BCUT2D eigenvalue weighted by Gasteiger charge is 2.27. The lowest BCUT2D eigenvalue weighted by molar-refractivity contribution is 0.460. The fraction of sp³-hybridized carbons (Fsp3) is 0.286. The first-order chi connectivity index (χ1) is 9.31. The van der Waals surface area contributed by atoms with Gasteiger partial charge in [-0.3, -0.25) is 4.68 Å². The summed E-state index contributed by atoms with van der Waals surface area (Å²) in [5, 5.41) is 9.02. The van der Waals surface area contributed by atoms with Gasteiger partial charge < -0.3 is 10.3 Å². The van der Waals surface area contributed by atoms with Crippen molar-refractivity contribution in [2.75, 3.05) is 5.73 Å². The number of nitrogens with two attached hydrogens (primary N) is 1. The van der Waals surface area contributed by atoms with E-state index in [2.05, 4.69) is 16.3 Å². The quantitative estimate of drug-likeness (QED) is 0.779. The zero-order valence-electron chi connectivity index (χ0n) is 10.4. The molecule has 2 N–H and O–H groups in total. The molecule has 1 aliphatic carbocycles. The normalized spacial score (nSPS) is 15.2. The van der Waals surface area contributed by atoms with E-state index < -0.39 is 0 Å². The Kier molecular flexibility index (Phi) is 2.15. The first kappa shape index (κ1) is 10.6. The Morgan fingerprint density at radius 3 is 3.00 bits per heavy atom. The smallest absolute Gasteiger partial charge is 0.174 e. The highest BCUT2D eigenvalue weighted by molar-refractivity contribution is 5.88. The third-order valence-electron chi connectivity index (χ3n) is 3.67. The molecule has 3 aromatic rings. The minimum Gasteiger partial charge on any atom is -0.380 e. The summed E-state index contributed by atoms with van der Waals surface area (Å²) in [6.45, 7) is 0.759. The number of nitrogen functional groups attached to an aromatic ring is 1. The average molecular weight is 254 g/mol. The van der Waals surface area contributed by atoms with Crippen molar-refractivity contribution < 1.29 is 4.52 Å². The molecule has 4 rings (SSSR count). The minimum atomic E-state index is 0.475. The van der Waals surface area contributed by atoms with Crippen molar-refractivity contribution in [1.29, 1.82) is 0 Å². The van der Waals surface area contributed by atoms with Gasteiger partial charge in [0.2, 0.25) is 0 Å². The molecule has 19 heavy (non-hydrogen) atoms. The van der Waals surface area contributed by atoms with E-state index in [1.54, 1.807) is 6.20 Å². The molecule has 0 atom stereocenters. The lowest BCUT2D eigenvalue weighted by Gasteiger charge is -2.09. The van der Waals surface area contributed by atoms with Gasteiger partial charge in [-0.1, -0.05) is 5.16 Å². The molecule has 2 heterocycles. The van der Waals surface area contributed by atoms with Crippen molar-refractivity contribution >= 4 is 16.8 Å². The van der Waals surface area contributed by atoms with Crippen molar-refractivity contribution in [2.45, 2.75) is 25.3 Å². The van der Waals surface area contributed by atoms with E-state index in [0.717, 1.165) is 17.5 Å². The molecule has 2 aromatic heterocycles. The number of benzene rings is 1. The molecule has 0 saturated heterocycles. The second-order valence-corrected chi connectivity index (χ2v) is 5.09. The minimum absolute atomic E-state index is 0.475. The van der Waals surface area contributed by atoms with Crippen molar-refractivity contribution in [3.05, 3.63) is 41.7 Å². The van der Waals surface area contributed by atoms with Crippen molar-refractivity contribution in [3.8, 4) is 0 Å². The van der Waals surface area contributed by atoms with Gasteiger partial charge >= 0.3 is 0 Å². The number of aromatic nitrogens is 3. The lowest BCUT2D eigenvalue weighted by Crippen LogP contribution is -2.03. The van der Waals surface area contributed by atoms with Gasteiger partial charge in [-0.15, -0.1) is 0 Å². The highest BCUT2D eigenvalue weighted by Crippen LogP contribution is 2.43. The summed E-state index contributed by atoms with van der Waals surface area (Å²) >= 11 is 0. The highest BCUT2D eigenvalue weighted by atomic mass is 16.5. The van der Waals surface area contributed by atoms with Crippen LogP contribution in [0, 0.1) is 0 Å². The van der Waals surface area contributed by atoms with E-state index in [4.69, 9.17) is 10.3 Å². The SMILES string of the molecule is Nc1noc2cc(Cn3cccn3)c(C3CC3)cc12. The molecule has 1 aromatic carbocycles. The topological polar surface area (TPSA) is 69.9 Å². The van der Waals surface area contributed by atoms with Crippen molar-refractivity contribution in [2.24, 2.45) is 0 Å². The van der Waals surface area contributed by atoms with Gasteiger partial charge in [0.15, 0.2) is 11.4 Å². The van der Waals surface area contributed by atoms with E-state index in [1.807, 2.05) is 23.0 Å². The number of rotatable bonds is 3. The number of fused-ring (bicyclic) bond motifs is 1. The molecular formula is C14H14N4O. The largest absolute Gasteiger partial charge is 0.380 e. The van der Waals surface area contributed by atoms with Crippen LogP contribution in [0.25, 0.3) is 11.0 Å². The van der Waals surface area contributed by atoms with Crippen LogP contribution in [0.15, 0.2) is 35.1 Å². The molecular weight excluding hydrogens is 240 g/mol. The Hall–Kier alpha value is -2.30. The summed E-state index contributed by atoms with van der Waals surface area (Å²) in [5.74, 6) is 1.13. The first-order valence-corrected chi connectivity index (χ1v) is 6.46. The zero-order chi connectivity index (χ0) is 12.8. The van der Waals surface area contributed by atoms with Crippen LogP contribution in [0.4, 0.5) is 5.82 Å². The van der Waals surface area contributed by atoms with E-state index in [0.29, 0.717) is 11.7 Å². The fourth-order valence-electron chi connectivity index (χ4n) is 2.54. The molecule has 96 valence electrons. The molecule has 5 nitrogen and oxygen atoms in total. The third kappa shape index (κ3) is 1.78. The molecule has 0 radical (unpaired) electrons. The van der Waals surface area contributed by atoms with Gasteiger partial charge in [0, 0.05) is 12.4 Å². The second-order valence-electron chi connectivity index (χ2n) is 5.09. The van der Waals surface area contributed by atoms with Gasteiger partial charge in [-0.05, 0) is 48.1 Å². The standard InChI is InChI=1S/C14H14N4O/c15-14-12-7-11(9-2-3-9)10(6-13(12)19-17-14)8-18-5-1-4-16-18/h1,4-7,9H,2-3,8H2,(H2,15,17). The van der Waals surface area contributed by atoms with Crippen molar-refractivity contribution in [3.63, 3.8) is 0 Å². The second kappa shape index (κ2) is 3.85. The van der Waals surface area contributed by atoms with Crippen LogP contribution < -0.4 is 5.73 Å². The monoisotopic (exact) mass is 254 g/mol. The maximum atomic E-state index is 5.83. The molecule has 1 saturated carbocycles. The Labute approximate surface area is 110 Å². The maximum absolute atomic E-state index is 5.83. The van der Waals surface area contributed by atoms with E-state index in [-0.39, 0.29) is 0 Å². The van der Waals surface area contributed by atoms with Crippen LogP contribution in [0.5, 0.6) is 0 Å². The average Bonchev–Trinajstić information content (AvgIpc) is 3.02. The number of anilines is 1. The lowest BCUT2D eigenvalue weighted by atomic mass is 10.0. The van der Waals surface area contributed by atoms with Gasteiger partial charge in [0.1, 0.15) is 0 Å². The molecule has 0 spiro atoms. The first-order valence-electron chi connectivity index (χ1n) is 6.46. The van der Waals surface area contributed by atoms with E-state index in [9.17, 15) is 0 Å². The summed E-state index contributed by atoms with van der Waals surface area (Å²) in [4.78, 5) is 0. The molecule has 1 fully saturated rings. The molecule has 1 aliphatic rings. The summed E-state index contributed by atoms with van der Waals surface area (Å²) in [5.41, 5.74) is 9.19. The summed E-state index contributed by atoms with van der Waals surface area (Å²) in [6, 6.07) is 6.12. The predicted octanol–water partition coefficient (Wildman–Crippen LogP) is 2.53. The Morgan fingerprint density at radius 1 is 1.37 bits per heavy atom. The van der Waals surface area contributed by atoms with Crippen LogP contribution in [0.1, 0.15) is 29.9 Å². The molecule has 5 heteroatoms. The summed E-state index contributed by atoms with van der Waals surface area (Å²) < 4.78 is 7.18. The van der Waals surface area contributed by atoms with Gasteiger partial charge in [0.25, 0.3) is 0 Å². The number of hydrogen-bond donors (Lipinski definition) is 1. The van der Waals surface area contributed by atoms with Gasteiger partial charge in [-0.2, -0.15) is 5.10 Å². The maximum Gasteiger partial charge on any atom is 0.174 e. The molecule has 0 unspecified atom stereocenters. The molecule has 0 aliphatic heterocycles. The predicted molar refractivity (Wildman–Crippen MR) is 71.7 cm³/mol. The van der Waals surface area contributed by atoms with Crippen LogP contribution in [0.2, 0.25) is 0 Å². The third-order valence-corrected chi connectivity index (χ3v) is 3.67. The summed E-state index contributed by atoms with van der Waals surface area (Å²) in [6.07, 6.45) is 6.27. The van der Waals surface area contributed by atoms with Crippen LogP contribution in [-0.4, -0.2) is 14.9 Å². The zero-order valence-corrected chi connectivity index (χ0v) is 10.4. The molecule has 0 amide bonds. The molecule has 0 bridgehead atoms. The Balaban J connectivity index is 1.85. The number of nitrogens with zero attached hydrogens (tertiary/aromatic N) is 3. The number of hydrogen-bond acceptors (Lipinski definition) is 4. The summed E-state index contributed by atoms with van der Waals surface area (Å²) in [7, 11) is 0. The van der Waals surface area contributed by atoms with Crippen molar-refractivity contribution in [1.82, 2.24) is 14.9 Å². The van der Waals surface area contributed by atoms with Crippen LogP contribution in [-0.2, 0) is 6.54 Å². The van der Waals surface area contributed by atoms with Crippen LogP contribution >= 0.6 is 0 Å².